The van der Waals surface area contributed by atoms with Gasteiger partial charge in [-0.05, 0) is 48.1 Å². The molecule has 3 N–H and O–H groups in total. The second kappa shape index (κ2) is 6.03. The lowest BCUT2D eigenvalue weighted by Crippen LogP contribution is -2.33. The number of aromatic nitrogens is 1. The molecule has 0 amide bonds. The Bertz CT molecular complexity index is 1050. The van der Waals surface area contributed by atoms with E-state index in [0.29, 0.717) is 0 Å². The average Bonchev–Trinajstić information content (AvgIpc) is 3.22. The van der Waals surface area contributed by atoms with E-state index in [1.807, 2.05) is 42.5 Å². The van der Waals surface area contributed by atoms with E-state index in [4.69, 9.17) is 9.05 Å². The van der Waals surface area contributed by atoms with Crippen LogP contribution in [0, 0.1) is 0 Å². The van der Waals surface area contributed by atoms with Crippen LogP contribution in [-0.4, -0.2) is 21.6 Å². The highest BCUT2D eigenvalue weighted by atomic mass is 31.2. The number of phosphoric ester groups is 1. The van der Waals surface area contributed by atoms with E-state index >= 15 is 0 Å². The fourth-order valence-corrected chi connectivity index (χ4v) is 4.77. The van der Waals surface area contributed by atoms with Crippen LogP contribution in [-0.2, 0) is 19.2 Å². The molecule has 3 aromatic rings. The first kappa shape index (κ1) is 17.2. The molecule has 140 valence electrons. The van der Waals surface area contributed by atoms with Crippen LogP contribution in [0.2, 0.25) is 0 Å². The number of rotatable bonds is 3. The Balaban J connectivity index is 1.49. The Morgan fingerprint density at radius 3 is 2.48 bits per heavy atom. The van der Waals surface area contributed by atoms with Crippen molar-refractivity contribution in [2.75, 3.05) is 6.61 Å². The van der Waals surface area contributed by atoms with Crippen molar-refractivity contribution in [1.82, 2.24) is 4.98 Å². The Kier molecular flexibility index (Phi) is 3.83. The minimum absolute atomic E-state index is 0.0538. The van der Waals surface area contributed by atoms with Crippen molar-refractivity contribution in [3.05, 3.63) is 59.8 Å². The largest absolute Gasteiger partial charge is 0.472 e. The maximum atomic E-state index is 11.6. The maximum absolute atomic E-state index is 11.6. The van der Waals surface area contributed by atoms with Gasteiger partial charge in [-0.1, -0.05) is 30.3 Å². The minimum atomic E-state index is -3.95. The lowest BCUT2D eigenvalue weighted by Gasteiger charge is -2.37. The van der Waals surface area contributed by atoms with Gasteiger partial charge in [-0.2, -0.15) is 0 Å². The van der Waals surface area contributed by atoms with Gasteiger partial charge in [0.1, 0.15) is 6.10 Å². The molecule has 2 aliphatic rings. The Labute approximate surface area is 156 Å². The second-order valence-electron chi connectivity index (χ2n) is 7.33. The summed E-state index contributed by atoms with van der Waals surface area (Å²) >= 11 is 0. The number of benzene rings is 2. The first-order valence-electron chi connectivity index (χ1n) is 9.04. The van der Waals surface area contributed by atoms with E-state index in [1.165, 1.54) is 0 Å². The van der Waals surface area contributed by atoms with E-state index in [2.05, 4.69) is 4.98 Å². The first-order valence-corrected chi connectivity index (χ1v) is 10.5. The van der Waals surface area contributed by atoms with Gasteiger partial charge in [-0.3, -0.25) is 9.05 Å². The van der Waals surface area contributed by atoms with Gasteiger partial charge in [0.25, 0.3) is 0 Å². The van der Waals surface area contributed by atoms with Crippen LogP contribution < -0.4 is 0 Å². The van der Waals surface area contributed by atoms with E-state index in [9.17, 15) is 14.6 Å². The van der Waals surface area contributed by atoms with Crippen LogP contribution in [0.5, 0.6) is 0 Å². The summed E-state index contributed by atoms with van der Waals surface area (Å²) in [5, 5.41) is 11.4. The fourth-order valence-electron chi connectivity index (χ4n) is 3.89. The van der Waals surface area contributed by atoms with Gasteiger partial charge in [0.15, 0.2) is 0 Å². The Morgan fingerprint density at radius 2 is 1.85 bits per heavy atom. The van der Waals surface area contributed by atoms with Crippen molar-refractivity contribution in [2.24, 2.45) is 0 Å². The van der Waals surface area contributed by atoms with Gasteiger partial charge < -0.3 is 15.0 Å². The lowest BCUT2D eigenvalue weighted by molar-refractivity contribution is -0.0387. The van der Waals surface area contributed by atoms with Gasteiger partial charge >= 0.3 is 7.82 Å². The molecule has 27 heavy (non-hydrogen) atoms. The number of nitrogens with one attached hydrogen (secondary N) is 1. The summed E-state index contributed by atoms with van der Waals surface area (Å²) in [4.78, 5) is 12.6. The van der Waals surface area contributed by atoms with Gasteiger partial charge in [0, 0.05) is 22.7 Å². The lowest BCUT2D eigenvalue weighted by atomic mass is 9.75. The Morgan fingerprint density at radius 1 is 1.11 bits per heavy atom. The number of hydrogen-bond donors (Lipinski definition) is 3. The third-order valence-corrected chi connectivity index (χ3v) is 6.64. The van der Waals surface area contributed by atoms with Crippen LogP contribution >= 0.6 is 7.82 Å². The topological polar surface area (TPSA) is 91.8 Å². The summed E-state index contributed by atoms with van der Waals surface area (Å²) in [5.41, 5.74) is 4.12. The Hall–Kier alpha value is -1.95. The van der Waals surface area contributed by atoms with Crippen LogP contribution in [0.1, 0.15) is 36.5 Å². The molecule has 1 aromatic heterocycles. The quantitative estimate of drug-likeness (QED) is 0.582. The maximum Gasteiger partial charge on any atom is 0.472 e. The molecule has 1 saturated carbocycles. The fraction of sp³-hybridized carbons (Fsp3) is 0.300. The monoisotopic (exact) mass is 385 g/mol. The van der Waals surface area contributed by atoms with E-state index < -0.39 is 19.5 Å². The van der Waals surface area contributed by atoms with Crippen molar-refractivity contribution in [2.45, 2.75) is 31.0 Å². The molecular formula is C20H20NO5P. The highest BCUT2D eigenvalue weighted by Crippen LogP contribution is 2.55. The second-order valence-corrected chi connectivity index (χ2v) is 8.73. The molecule has 2 heterocycles. The predicted molar refractivity (Wildman–Crippen MR) is 101 cm³/mol. The van der Waals surface area contributed by atoms with E-state index in [0.717, 1.165) is 52.4 Å². The number of hydrogen-bond acceptors (Lipinski definition) is 4. The molecule has 2 aromatic carbocycles. The molecule has 2 atom stereocenters. The first-order chi connectivity index (χ1) is 12.9. The molecule has 1 aliphatic heterocycles. The van der Waals surface area contributed by atoms with Gasteiger partial charge in [0.2, 0.25) is 0 Å². The normalized spacial score (nSPS) is 27.0. The van der Waals surface area contributed by atoms with Crippen molar-refractivity contribution < 1.29 is 23.6 Å². The predicted octanol–water partition coefficient (Wildman–Crippen LogP) is 4.39. The third-order valence-electron chi connectivity index (χ3n) is 5.65. The van der Waals surface area contributed by atoms with Crippen molar-refractivity contribution >= 4 is 18.7 Å². The summed E-state index contributed by atoms with van der Waals surface area (Å²) in [6.45, 7) is 0.0538. The van der Waals surface area contributed by atoms with Crippen LogP contribution in [0.15, 0.2) is 48.7 Å². The van der Waals surface area contributed by atoms with Crippen molar-refractivity contribution in [3.8, 4) is 11.1 Å². The summed E-state index contributed by atoms with van der Waals surface area (Å²) in [6, 6.07) is 14.1. The zero-order valence-corrected chi connectivity index (χ0v) is 15.5. The molecule has 5 rings (SSSR count). The van der Waals surface area contributed by atoms with Crippen molar-refractivity contribution in [3.63, 3.8) is 0 Å². The number of aliphatic hydroxyl groups is 1. The van der Waals surface area contributed by atoms with Gasteiger partial charge in [-0.15, -0.1) is 0 Å². The summed E-state index contributed by atoms with van der Waals surface area (Å²) < 4.78 is 21.6. The molecule has 7 heteroatoms. The molecule has 6 nitrogen and oxygen atoms in total. The third kappa shape index (κ3) is 2.94. The van der Waals surface area contributed by atoms with Crippen LogP contribution in [0.3, 0.4) is 0 Å². The number of aromatic amines is 1. The van der Waals surface area contributed by atoms with Crippen LogP contribution in [0.4, 0.5) is 0 Å². The molecule has 1 aliphatic carbocycles. The molecule has 1 saturated heterocycles. The number of H-pyrrole nitrogens is 1. The number of phosphoric acid groups is 1. The highest BCUT2D eigenvalue weighted by molar-refractivity contribution is 7.47. The van der Waals surface area contributed by atoms with Crippen LogP contribution in [0.25, 0.3) is 22.0 Å². The van der Waals surface area contributed by atoms with E-state index in [1.54, 1.807) is 6.20 Å². The highest BCUT2D eigenvalue weighted by Gasteiger charge is 2.37. The molecular weight excluding hydrogens is 365 g/mol. The molecule has 1 unspecified atom stereocenters. The van der Waals surface area contributed by atoms with Crippen molar-refractivity contribution in [1.29, 1.82) is 0 Å². The summed E-state index contributed by atoms with van der Waals surface area (Å²) in [6.07, 6.45) is 3.94. The zero-order valence-electron chi connectivity index (χ0n) is 14.6. The van der Waals surface area contributed by atoms with Gasteiger partial charge in [0.05, 0.1) is 12.2 Å². The number of fused-ring (bicyclic) bond motifs is 1. The standard InChI is InChI=1S/C20H20NO5P/c22-20(8-1-9-20)15-5-2-13(3-6-15)14-4-7-18-16(10-14)17(11-21-18)19-12-25-27(23,24)26-19/h2-7,10-11,19,21-22H,1,8-9,12H2,(H,23,24)/t19-/m1/s1. The summed E-state index contributed by atoms with van der Waals surface area (Å²) in [7, 11) is -3.95. The average molecular weight is 385 g/mol. The van der Waals surface area contributed by atoms with Gasteiger partial charge in [-0.25, -0.2) is 4.57 Å². The zero-order chi connectivity index (χ0) is 18.6. The smallest absolute Gasteiger partial charge is 0.385 e. The van der Waals surface area contributed by atoms with E-state index in [-0.39, 0.29) is 6.61 Å². The minimum Gasteiger partial charge on any atom is -0.385 e. The molecule has 0 radical (unpaired) electrons. The summed E-state index contributed by atoms with van der Waals surface area (Å²) in [5.74, 6) is 0. The SMILES string of the molecule is O=P1(O)OC[C@H](c2c[nH]c3ccc(-c4ccc(C5(O)CCC5)cc4)cc23)O1. The molecule has 0 spiro atoms. The molecule has 2 fully saturated rings. The molecule has 0 bridgehead atoms.